The number of phenolic OH excluding ortho intramolecular Hbond substituents is 1. The molecule has 186 valence electrons. The number of benzene rings is 1. The predicted molar refractivity (Wildman–Crippen MR) is 123 cm³/mol. The number of ether oxygens (including phenoxy) is 1. The molecule has 0 aromatic heterocycles. The molecule has 2 atom stereocenters. The summed E-state index contributed by atoms with van der Waals surface area (Å²) < 4.78 is 44.6. The Morgan fingerprint density at radius 2 is 1.85 bits per heavy atom. The summed E-state index contributed by atoms with van der Waals surface area (Å²) in [6, 6.07) is 3.30. The molecule has 2 saturated heterocycles. The highest BCUT2D eigenvalue weighted by molar-refractivity contribution is 6.15. The number of alkyl halides is 3. The standard InChI is InChI=1S/C24H32F3N5O2/c25-24(26,27)16-5-6-18(21(33)12-16)22-19-14-34-15-20(19)23(30-29-22)28-17-4-3-9-32(13-17)11-10-31-7-1-2-8-31/h5-6,12,17,23,28,30,33H,1-4,7-11,13-15H2. The number of nitrogens with one attached hydrogen (secondary N) is 2. The molecule has 3 N–H and O–H groups in total. The molecular weight excluding hydrogens is 447 g/mol. The summed E-state index contributed by atoms with van der Waals surface area (Å²) in [6.45, 7) is 7.49. The van der Waals surface area contributed by atoms with E-state index in [0.29, 0.717) is 25.0 Å². The molecule has 0 radical (unpaired) electrons. The van der Waals surface area contributed by atoms with Gasteiger partial charge in [-0.2, -0.15) is 18.3 Å². The number of hydrogen-bond acceptors (Lipinski definition) is 7. The van der Waals surface area contributed by atoms with Gasteiger partial charge in [0.15, 0.2) is 0 Å². The van der Waals surface area contributed by atoms with Crippen molar-refractivity contribution >= 4 is 5.71 Å². The average Bonchev–Trinajstić information content (AvgIpc) is 3.50. The Morgan fingerprint density at radius 1 is 1.09 bits per heavy atom. The van der Waals surface area contributed by atoms with Gasteiger partial charge in [-0.25, -0.2) is 0 Å². The minimum absolute atomic E-state index is 0.193. The van der Waals surface area contributed by atoms with Crippen LogP contribution in [0.4, 0.5) is 13.2 Å². The van der Waals surface area contributed by atoms with Gasteiger partial charge >= 0.3 is 6.18 Å². The molecule has 0 spiro atoms. The van der Waals surface area contributed by atoms with E-state index in [1.807, 2.05) is 0 Å². The highest BCUT2D eigenvalue weighted by atomic mass is 19.4. The Hall–Kier alpha value is -2.14. The number of piperidine rings is 1. The van der Waals surface area contributed by atoms with Crippen molar-refractivity contribution in [2.45, 2.75) is 44.1 Å². The van der Waals surface area contributed by atoms with Gasteiger partial charge in [0.2, 0.25) is 0 Å². The van der Waals surface area contributed by atoms with Crippen LogP contribution >= 0.6 is 0 Å². The highest BCUT2D eigenvalue weighted by Crippen LogP contribution is 2.35. The van der Waals surface area contributed by atoms with Gasteiger partial charge in [0, 0.05) is 42.4 Å². The van der Waals surface area contributed by atoms with Crippen LogP contribution in [0.5, 0.6) is 5.75 Å². The molecular formula is C24H32F3N5O2. The van der Waals surface area contributed by atoms with E-state index in [-0.39, 0.29) is 11.7 Å². The van der Waals surface area contributed by atoms with Gasteiger partial charge in [-0.15, -0.1) is 0 Å². The van der Waals surface area contributed by atoms with Crippen LogP contribution < -0.4 is 10.7 Å². The van der Waals surface area contributed by atoms with E-state index in [2.05, 4.69) is 25.6 Å². The molecule has 0 aliphatic carbocycles. The number of nitrogens with zero attached hydrogens (tertiary/aromatic N) is 3. The summed E-state index contributed by atoms with van der Waals surface area (Å²) in [5.41, 5.74) is 4.77. The highest BCUT2D eigenvalue weighted by Gasteiger charge is 2.35. The van der Waals surface area contributed by atoms with E-state index in [1.165, 1.54) is 32.0 Å². The first-order valence-corrected chi connectivity index (χ1v) is 12.1. The summed E-state index contributed by atoms with van der Waals surface area (Å²) in [4.78, 5) is 5.07. The zero-order valence-electron chi connectivity index (χ0n) is 19.2. The van der Waals surface area contributed by atoms with Crippen molar-refractivity contribution in [3.8, 4) is 5.75 Å². The Balaban J connectivity index is 1.24. The summed E-state index contributed by atoms with van der Waals surface area (Å²) in [5, 5.41) is 18.5. The van der Waals surface area contributed by atoms with Gasteiger partial charge in [0.1, 0.15) is 11.9 Å². The number of hydrogen-bond donors (Lipinski definition) is 3. The van der Waals surface area contributed by atoms with Gasteiger partial charge < -0.3 is 19.6 Å². The number of aromatic hydroxyl groups is 1. The van der Waals surface area contributed by atoms with Crippen LogP contribution in [-0.2, 0) is 10.9 Å². The van der Waals surface area contributed by atoms with Crippen LogP contribution in [0.1, 0.15) is 36.8 Å². The average molecular weight is 480 g/mol. The van der Waals surface area contributed by atoms with Crippen molar-refractivity contribution < 1.29 is 23.0 Å². The second-order valence-electron chi connectivity index (χ2n) is 9.60. The van der Waals surface area contributed by atoms with Crippen LogP contribution in [0, 0.1) is 0 Å². The van der Waals surface area contributed by atoms with Gasteiger partial charge in [0.05, 0.1) is 24.5 Å². The predicted octanol–water partition coefficient (Wildman–Crippen LogP) is 2.52. The van der Waals surface area contributed by atoms with Gasteiger partial charge in [-0.05, 0) is 63.5 Å². The maximum atomic E-state index is 13.0. The van der Waals surface area contributed by atoms with Crippen LogP contribution in [0.2, 0.25) is 0 Å². The number of rotatable bonds is 6. The molecule has 0 amide bonds. The molecule has 10 heteroatoms. The number of hydrazone groups is 1. The maximum absolute atomic E-state index is 13.0. The zero-order valence-corrected chi connectivity index (χ0v) is 19.2. The summed E-state index contributed by atoms with van der Waals surface area (Å²) in [7, 11) is 0. The molecule has 1 aromatic carbocycles. The van der Waals surface area contributed by atoms with Crippen molar-refractivity contribution in [3.05, 3.63) is 40.5 Å². The van der Waals surface area contributed by atoms with Gasteiger partial charge in [0.25, 0.3) is 0 Å². The molecule has 0 saturated carbocycles. The smallest absolute Gasteiger partial charge is 0.416 e. The Morgan fingerprint density at radius 3 is 2.62 bits per heavy atom. The Kier molecular flexibility index (Phi) is 6.83. The first-order valence-electron chi connectivity index (χ1n) is 12.1. The molecule has 34 heavy (non-hydrogen) atoms. The van der Waals surface area contributed by atoms with Gasteiger partial charge in [-0.3, -0.25) is 10.7 Å². The Labute approximate surface area is 197 Å². The monoisotopic (exact) mass is 479 g/mol. The Bertz CT molecular complexity index is 958. The van der Waals surface area contributed by atoms with E-state index < -0.39 is 17.5 Å². The molecule has 4 heterocycles. The second-order valence-corrected chi connectivity index (χ2v) is 9.60. The lowest BCUT2D eigenvalue weighted by atomic mass is 9.95. The molecule has 2 unspecified atom stereocenters. The van der Waals surface area contributed by atoms with Crippen LogP contribution in [-0.4, -0.2) is 85.3 Å². The first-order chi connectivity index (χ1) is 16.4. The van der Waals surface area contributed by atoms with E-state index in [1.54, 1.807) is 0 Å². The molecule has 5 rings (SSSR count). The molecule has 2 fully saturated rings. The molecule has 7 nitrogen and oxygen atoms in total. The third-order valence-electron chi connectivity index (χ3n) is 7.25. The molecule has 4 aliphatic heterocycles. The third kappa shape index (κ3) is 5.10. The quantitative estimate of drug-likeness (QED) is 0.583. The summed E-state index contributed by atoms with van der Waals surface area (Å²) in [5.74, 6) is -0.443. The SMILES string of the molecule is Oc1cc(C(F)(F)F)ccc1C1=NNC(NC2CCCN(CCN3CCCC3)C2)C2=C1COC2. The number of halogens is 3. The largest absolute Gasteiger partial charge is 0.507 e. The zero-order chi connectivity index (χ0) is 23.7. The topological polar surface area (TPSA) is 72.4 Å². The minimum Gasteiger partial charge on any atom is -0.507 e. The fourth-order valence-electron chi connectivity index (χ4n) is 5.38. The lowest BCUT2D eigenvalue weighted by Gasteiger charge is -2.37. The van der Waals surface area contributed by atoms with E-state index in [9.17, 15) is 18.3 Å². The summed E-state index contributed by atoms with van der Waals surface area (Å²) in [6.07, 6.45) is 0.134. The minimum atomic E-state index is -4.51. The van der Waals surface area contributed by atoms with E-state index >= 15 is 0 Å². The van der Waals surface area contributed by atoms with Crippen molar-refractivity contribution in [2.24, 2.45) is 5.10 Å². The molecule has 0 bridgehead atoms. The van der Waals surface area contributed by atoms with Gasteiger partial charge in [-0.1, -0.05) is 0 Å². The lowest BCUT2D eigenvalue weighted by molar-refractivity contribution is -0.137. The third-order valence-corrected chi connectivity index (χ3v) is 7.25. The van der Waals surface area contributed by atoms with Crippen LogP contribution in [0.15, 0.2) is 34.4 Å². The normalized spacial score (nSPS) is 26.5. The molecule has 4 aliphatic rings. The lowest BCUT2D eigenvalue weighted by Crippen LogP contribution is -2.55. The summed E-state index contributed by atoms with van der Waals surface area (Å²) >= 11 is 0. The van der Waals surface area contributed by atoms with Crippen molar-refractivity contribution in [1.82, 2.24) is 20.5 Å². The van der Waals surface area contributed by atoms with Crippen molar-refractivity contribution in [2.75, 3.05) is 52.5 Å². The second kappa shape index (κ2) is 9.85. The van der Waals surface area contributed by atoms with Crippen LogP contribution in [0.25, 0.3) is 0 Å². The van der Waals surface area contributed by atoms with E-state index in [0.717, 1.165) is 62.3 Å². The fraction of sp³-hybridized carbons (Fsp3) is 0.625. The fourth-order valence-corrected chi connectivity index (χ4v) is 5.38. The van der Waals surface area contributed by atoms with Crippen LogP contribution in [0.3, 0.4) is 0 Å². The van der Waals surface area contributed by atoms with Crippen molar-refractivity contribution in [1.29, 1.82) is 0 Å². The van der Waals surface area contributed by atoms with Crippen molar-refractivity contribution in [3.63, 3.8) is 0 Å². The first kappa shape index (κ1) is 23.6. The number of likely N-dealkylation sites (tertiary alicyclic amines) is 2. The maximum Gasteiger partial charge on any atom is 0.416 e. The molecule has 1 aromatic rings. The number of phenols is 1. The van der Waals surface area contributed by atoms with E-state index in [4.69, 9.17) is 4.74 Å².